The summed E-state index contributed by atoms with van der Waals surface area (Å²) in [5.41, 5.74) is 6.80. The molecule has 0 unspecified atom stereocenters. The number of Topliss-reactive ketones (excluding diaryl/α,β-unsaturated/α-hetero) is 1. The SMILES string of the molecule is Cc1cn(C)c(C)c1C(=O)Cc1cccc(CC(C)C)c1C. The molecular weight excluding hydrogens is 270 g/mol. The van der Waals surface area contributed by atoms with Gasteiger partial charge in [0.05, 0.1) is 0 Å². The van der Waals surface area contributed by atoms with Crippen molar-refractivity contribution >= 4 is 5.78 Å². The van der Waals surface area contributed by atoms with Crippen LogP contribution in [0.3, 0.4) is 0 Å². The van der Waals surface area contributed by atoms with Crippen molar-refractivity contribution in [2.75, 3.05) is 0 Å². The molecule has 0 aliphatic carbocycles. The molecule has 0 aliphatic rings. The van der Waals surface area contributed by atoms with Crippen molar-refractivity contribution in [3.05, 3.63) is 57.9 Å². The van der Waals surface area contributed by atoms with Gasteiger partial charge in [0.1, 0.15) is 0 Å². The molecule has 0 N–H and O–H groups in total. The summed E-state index contributed by atoms with van der Waals surface area (Å²) in [4.78, 5) is 12.7. The number of nitrogens with zero attached hydrogens (tertiary/aromatic N) is 1. The molecule has 0 radical (unpaired) electrons. The van der Waals surface area contributed by atoms with E-state index in [2.05, 4.69) is 39.0 Å². The van der Waals surface area contributed by atoms with Gasteiger partial charge >= 0.3 is 0 Å². The van der Waals surface area contributed by atoms with Crippen molar-refractivity contribution in [3.8, 4) is 0 Å². The topological polar surface area (TPSA) is 22.0 Å². The van der Waals surface area contributed by atoms with Gasteiger partial charge < -0.3 is 4.57 Å². The predicted octanol–water partition coefficient (Wildman–Crippen LogP) is 4.57. The van der Waals surface area contributed by atoms with Gasteiger partial charge in [-0.05, 0) is 55.4 Å². The Morgan fingerprint density at radius 3 is 2.32 bits per heavy atom. The van der Waals surface area contributed by atoms with Crippen LogP contribution in [-0.4, -0.2) is 10.4 Å². The number of carbonyl (C=O) groups excluding carboxylic acids is 1. The Morgan fingerprint density at radius 1 is 1.14 bits per heavy atom. The van der Waals surface area contributed by atoms with Crippen LogP contribution >= 0.6 is 0 Å². The van der Waals surface area contributed by atoms with E-state index < -0.39 is 0 Å². The summed E-state index contributed by atoms with van der Waals surface area (Å²) >= 11 is 0. The Labute approximate surface area is 134 Å². The zero-order valence-electron chi connectivity index (χ0n) is 14.7. The molecule has 0 bridgehead atoms. The molecule has 0 aliphatic heterocycles. The number of aromatic nitrogens is 1. The first-order valence-corrected chi connectivity index (χ1v) is 8.04. The minimum Gasteiger partial charge on any atom is -0.354 e. The molecule has 1 aromatic carbocycles. The number of aryl methyl sites for hydroxylation is 2. The standard InChI is InChI=1S/C20H27NO/c1-13(2)10-17-8-7-9-18(15(17)4)11-19(22)20-14(3)12-21(6)16(20)5/h7-9,12-13H,10-11H2,1-6H3. The highest BCUT2D eigenvalue weighted by Gasteiger charge is 2.17. The van der Waals surface area contributed by atoms with E-state index >= 15 is 0 Å². The maximum atomic E-state index is 12.7. The molecule has 0 saturated heterocycles. The number of rotatable bonds is 5. The van der Waals surface area contributed by atoms with E-state index in [0.717, 1.165) is 28.8 Å². The molecule has 0 saturated carbocycles. The fourth-order valence-electron chi connectivity index (χ4n) is 3.19. The summed E-state index contributed by atoms with van der Waals surface area (Å²) in [7, 11) is 1.99. The first kappa shape index (κ1) is 16.5. The van der Waals surface area contributed by atoms with Crippen LogP contribution in [0.25, 0.3) is 0 Å². The molecule has 0 spiro atoms. The first-order chi connectivity index (χ1) is 10.3. The highest BCUT2D eigenvalue weighted by molar-refractivity contribution is 6.00. The molecule has 0 amide bonds. The first-order valence-electron chi connectivity index (χ1n) is 8.04. The summed E-state index contributed by atoms with van der Waals surface area (Å²) in [5, 5.41) is 0. The normalized spacial score (nSPS) is 11.2. The summed E-state index contributed by atoms with van der Waals surface area (Å²) in [5.74, 6) is 0.851. The van der Waals surface area contributed by atoms with Crippen molar-refractivity contribution in [3.63, 3.8) is 0 Å². The van der Waals surface area contributed by atoms with Crippen molar-refractivity contribution < 1.29 is 4.79 Å². The third-order valence-electron chi connectivity index (χ3n) is 4.49. The Hall–Kier alpha value is -1.83. The van der Waals surface area contributed by atoms with Crippen LogP contribution in [0.4, 0.5) is 0 Å². The second-order valence-electron chi connectivity index (χ2n) is 6.78. The van der Waals surface area contributed by atoms with Crippen LogP contribution in [0, 0.1) is 26.7 Å². The summed E-state index contributed by atoms with van der Waals surface area (Å²) in [6.45, 7) is 10.6. The largest absolute Gasteiger partial charge is 0.354 e. The zero-order chi connectivity index (χ0) is 16.4. The van der Waals surface area contributed by atoms with Gasteiger partial charge in [-0.25, -0.2) is 0 Å². The minimum absolute atomic E-state index is 0.223. The molecule has 0 atom stereocenters. The molecule has 118 valence electrons. The van der Waals surface area contributed by atoms with Crippen LogP contribution in [0.2, 0.25) is 0 Å². The van der Waals surface area contributed by atoms with E-state index in [-0.39, 0.29) is 5.78 Å². The molecule has 2 rings (SSSR count). The van der Waals surface area contributed by atoms with Gasteiger partial charge in [0.2, 0.25) is 0 Å². The van der Waals surface area contributed by atoms with Gasteiger partial charge in [-0.15, -0.1) is 0 Å². The fourth-order valence-corrected chi connectivity index (χ4v) is 3.19. The Balaban J connectivity index is 2.29. The van der Waals surface area contributed by atoms with Gasteiger partial charge in [-0.3, -0.25) is 4.79 Å². The van der Waals surface area contributed by atoms with Gasteiger partial charge in [0.25, 0.3) is 0 Å². The maximum Gasteiger partial charge on any atom is 0.169 e. The van der Waals surface area contributed by atoms with Crippen LogP contribution in [0.15, 0.2) is 24.4 Å². The van der Waals surface area contributed by atoms with E-state index in [1.54, 1.807) is 0 Å². The van der Waals surface area contributed by atoms with E-state index in [1.165, 1.54) is 11.1 Å². The predicted molar refractivity (Wildman–Crippen MR) is 92.6 cm³/mol. The van der Waals surface area contributed by atoms with Gasteiger partial charge in [-0.2, -0.15) is 0 Å². The number of carbonyl (C=O) groups is 1. The van der Waals surface area contributed by atoms with Gasteiger partial charge in [0.15, 0.2) is 5.78 Å². The molecular formula is C20H27NO. The second kappa shape index (κ2) is 6.51. The number of ketones is 1. The molecule has 0 fully saturated rings. The zero-order valence-corrected chi connectivity index (χ0v) is 14.7. The lowest BCUT2D eigenvalue weighted by molar-refractivity contribution is 0.0991. The second-order valence-corrected chi connectivity index (χ2v) is 6.78. The van der Waals surface area contributed by atoms with Crippen molar-refractivity contribution in [2.45, 2.75) is 47.5 Å². The fraction of sp³-hybridized carbons (Fsp3) is 0.450. The van der Waals surface area contributed by atoms with E-state index in [0.29, 0.717) is 12.3 Å². The van der Waals surface area contributed by atoms with Crippen LogP contribution < -0.4 is 0 Å². The summed E-state index contributed by atoms with van der Waals surface area (Å²) in [6.07, 6.45) is 3.59. The van der Waals surface area contributed by atoms with Gasteiger partial charge in [0, 0.05) is 30.9 Å². The van der Waals surface area contributed by atoms with E-state index in [1.807, 2.05) is 31.7 Å². The van der Waals surface area contributed by atoms with Crippen LogP contribution in [-0.2, 0) is 19.9 Å². The van der Waals surface area contributed by atoms with Crippen LogP contribution in [0.1, 0.15) is 52.2 Å². The Morgan fingerprint density at radius 2 is 1.77 bits per heavy atom. The molecule has 22 heavy (non-hydrogen) atoms. The third-order valence-corrected chi connectivity index (χ3v) is 4.49. The molecule has 2 aromatic rings. The maximum absolute atomic E-state index is 12.7. The quantitative estimate of drug-likeness (QED) is 0.741. The van der Waals surface area contributed by atoms with Crippen molar-refractivity contribution in [1.29, 1.82) is 0 Å². The lowest BCUT2D eigenvalue weighted by atomic mass is 9.92. The molecule has 1 aromatic heterocycles. The van der Waals surface area contributed by atoms with E-state index in [9.17, 15) is 4.79 Å². The molecule has 2 heteroatoms. The summed E-state index contributed by atoms with van der Waals surface area (Å²) < 4.78 is 2.03. The number of hydrogen-bond acceptors (Lipinski definition) is 1. The van der Waals surface area contributed by atoms with Crippen LogP contribution in [0.5, 0.6) is 0 Å². The summed E-state index contributed by atoms with van der Waals surface area (Å²) in [6, 6.07) is 6.35. The Kier molecular flexibility index (Phi) is 4.90. The molecule has 2 nitrogen and oxygen atoms in total. The number of hydrogen-bond donors (Lipinski definition) is 0. The lowest BCUT2D eigenvalue weighted by Gasteiger charge is -2.13. The lowest BCUT2D eigenvalue weighted by Crippen LogP contribution is -2.09. The average Bonchev–Trinajstić information content (AvgIpc) is 2.67. The highest BCUT2D eigenvalue weighted by atomic mass is 16.1. The monoisotopic (exact) mass is 297 g/mol. The average molecular weight is 297 g/mol. The Bertz CT molecular complexity index is 692. The minimum atomic E-state index is 0.223. The third kappa shape index (κ3) is 3.32. The van der Waals surface area contributed by atoms with Crippen molar-refractivity contribution in [2.24, 2.45) is 13.0 Å². The molecule has 1 heterocycles. The van der Waals surface area contributed by atoms with Gasteiger partial charge in [-0.1, -0.05) is 32.0 Å². The highest BCUT2D eigenvalue weighted by Crippen LogP contribution is 2.22. The smallest absolute Gasteiger partial charge is 0.169 e. The van der Waals surface area contributed by atoms with E-state index in [4.69, 9.17) is 0 Å². The number of benzene rings is 1. The van der Waals surface area contributed by atoms with Crippen molar-refractivity contribution in [1.82, 2.24) is 4.57 Å².